The van der Waals surface area contributed by atoms with E-state index in [4.69, 9.17) is 4.74 Å². The van der Waals surface area contributed by atoms with Crippen molar-refractivity contribution in [3.63, 3.8) is 0 Å². The number of fused-ring (bicyclic) bond motifs is 4. The summed E-state index contributed by atoms with van der Waals surface area (Å²) in [6.45, 7) is 9.63. The highest BCUT2D eigenvalue weighted by Gasteiger charge is 2.60. The highest BCUT2D eigenvalue weighted by Crippen LogP contribution is 2.64. The van der Waals surface area contributed by atoms with Crippen molar-refractivity contribution in [2.24, 2.45) is 22.7 Å². The van der Waals surface area contributed by atoms with Gasteiger partial charge in [0.05, 0.1) is 0 Å². The minimum Gasteiger partial charge on any atom is -0.504 e. The van der Waals surface area contributed by atoms with Crippen molar-refractivity contribution in [2.45, 2.75) is 71.8 Å². The highest BCUT2D eigenvalue weighted by molar-refractivity contribution is 5.50. The molecule has 3 heteroatoms. The molecule has 0 aromatic heterocycles. The number of phenolic OH excluding ortho intramolecular Hbond substituents is 2. The van der Waals surface area contributed by atoms with Gasteiger partial charge in [-0.2, -0.15) is 0 Å². The van der Waals surface area contributed by atoms with E-state index in [1.807, 2.05) is 0 Å². The molecule has 4 atom stereocenters. The molecular formula is C21H30O3. The molecule has 1 aliphatic heterocycles. The predicted molar refractivity (Wildman–Crippen MR) is 94.5 cm³/mol. The Kier molecular flexibility index (Phi) is 3.24. The van der Waals surface area contributed by atoms with Gasteiger partial charge in [-0.25, -0.2) is 0 Å². The first kappa shape index (κ1) is 16.1. The normalized spacial score (nSPS) is 40.0. The van der Waals surface area contributed by atoms with Crippen molar-refractivity contribution in [2.75, 3.05) is 0 Å². The maximum Gasteiger partial charge on any atom is 0.161 e. The van der Waals surface area contributed by atoms with E-state index in [0.717, 1.165) is 30.1 Å². The van der Waals surface area contributed by atoms with Crippen molar-refractivity contribution in [1.29, 1.82) is 0 Å². The van der Waals surface area contributed by atoms with Crippen LogP contribution in [-0.2, 0) is 6.42 Å². The zero-order valence-corrected chi connectivity index (χ0v) is 15.4. The first-order valence-corrected chi connectivity index (χ1v) is 9.40. The zero-order valence-electron chi connectivity index (χ0n) is 15.4. The van der Waals surface area contributed by atoms with Gasteiger partial charge in [-0.05, 0) is 67.4 Å². The molecule has 2 fully saturated rings. The second-order valence-electron chi connectivity index (χ2n) is 9.56. The summed E-state index contributed by atoms with van der Waals surface area (Å²) in [7, 11) is 0. The Balaban J connectivity index is 1.78. The fourth-order valence-electron chi connectivity index (χ4n) is 6.50. The second kappa shape index (κ2) is 4.83. The molecule has 0 spiro atoms. The van der Waals surface area contributed by atoms with Crippen LogP contribution in [0, 0.1) is 22.7 Å². The van der Waals surface area contributed by atoms with Crippen LogP contribution in [0.1, 0.15) is 65.4 Å². The Labute approximate surface area is 145 Å². The van der Waals surface area contributed by atoms with Crippen LogP contribution in [0.25, 0.3) is 0 Å². The number of rotatable bonds is 0. The largest absolute Gasteiger partial charge is 0.504 e. The van der Waals surface area contributed by atoms with Crippen molar-refractivity contribution >= 4 is 0 Å². The molecule has 3 aliphatic rings. The van der Waals surface area contributed by atoms with E-state index in [0.29, 0.717) is 11.3 Å². The summed E-state index contributed by atoms with van der Waals surface area (Å²) in [5.74, 6) is 1.81. The summed E-state index contributed by atoms with van der Waals surface area (Å²) in [5, 5.41) is 19.7. The Morgan fingerprint density at radius 3 is 2.42 bits per heavy atom. The third-order valence-corrected chi connectivity index (χ3v) is 7.66. The fourth-order valence-corrected chi connectivity index (χ4v) is 6.50. The number of phenols is 2. The van der Waals surface area contributed by atoms with E-state index in [2.05, 4.69) is 27.7 Å². The topological polar surface area (TPSA) is 49.7 Å². The van der Waals surface area contributed by atoms with Gasteiger partial charge >= 0.3 is 0 Å². The fraction of sp³-hybridized carbons (Fsp3) is 0.714. The third kappa shape index (κ3) is 2.09. The van der Waals surface area contributed by atoms with Gasteiger partial charge in [-0.1, -0.05) is 27.2 Å². The molecule has 2 aliphatic carbocycles. The van der Waals surface area contributed by atoms with Crippen LogP contribution in [0.2, 0.25) is 0 Å². The molecule has 3 nitrogen and oxygen atoms in total. The lowest BCUT2D eigenvalue weighted by molar-refractivity contribution is -0.162. The summed E-state index contributed by atoms with van der Waals surface area (Å²) < 4.78 is 6.47. The SMILES string of the molecule is CC1(C)CCC[C@@]2(C)C1CC[C@]1(C)Oc3cc(O)c(O)cc3C[C@H]21. The summed E-state index contributed by atoms with van der Waals surface area (Å²) >= 11 is 0. The first-order chi connectivity index (χ1) is 11.2. The highest BCUT2D eigenvalue weighted by atomic mass is 16.5. The van der Waals surface area contributed by atoms with Crippen LogP contribution in [0.3, 0.4) is 0 Å². The standard InChI is InChI=1S/C21H30O3/c1-19(2)7-5-8-20(3)17(19)6-9-21(4)18(20)11-13-10-14(22)15(23)12-16(13)24-21/h10,12,17-18,22-23H,5-9,11H2,1-4H3/t17?,18-,20+,21+/m1/s1. The summed E-state index contributed by atoms with van der Waals surface area (Å²) in [4.78, 5) is 0. The van der Waals surface area contributed by atoms with Crippen LogP contribution >= 0.6 is 0 Å². The maximum atomic E-state index is 9.91. The molecule has 0 saturated heterocycles. The molecule has 2 N–H and O–H groups in total. The molecule has 24 heavy (non-hydrogen) atoms. The summed E-state index contributed by atoms with van der Waals surface area (Å²) in [6, 6.07) is 3.29. The number of benzene rings is 1. The van der Waals surface area contributed by atoms with Crippen LogP contribution in [0.15, 0.2) is 12.1 Å². The molecule has 0 amide bonds. The Morgan fingerprint density at radius 1 is 0.958 bits per heavy atom. The number of ether oxygens (including phenoxy) is 1. The Bertz CT molecular complexity index is 680. The van der Waals surface area contributed by atoms with E-state index in [-0.39, 0.29) is 22.5 Å². The molecule has 1 aromatic carbocycles. The van der Waals surface area contributed by atoms with Crippen LogP contribution in [0.5, 0.6) is 17.2 Å². The lowest BCUT2D eigenvalue weighted by Crippen LogP contribution is -2.61. The summed E-state index contributed by atoms with van der Waals surface area (Å²) in [6.07, 6.45) is 7.11. The molecular weight excluding hydrogens is 300 g/mol. The van der Waals surface area contributed by atoms with Crippen LogP contribution < -0.4 is 4.74 Å². The third-order valence-electron chi connectivity index (χ3n) is 7.66. The zero-order chi connectivity index (χ0) is 17.3. The Morgan fingerprint density at radius 2 is 1.67 bits per heavy atom. The maximum absolute atomic E-state index is 9.91. The second-order valence-corrected chi connectivity index (χ2v) is 9.56. The quantitative estimate of drug-likeness (QED) is 0.656. The van der Waals surface area contributed by atoms with Gasteiger partial charge in [-0.3, -0.25) is 0 Å². The molecule has 0 radical (unpaired) electrons. The molecule has 1 unspecified atom stereocenters. The Hall–Kier alpha value is -1.38. The number of hydrogen-bond acceptors (Lipinski definition) is 3. The van der Waals surface area contributed by atoms with Crippen molar-refractivity contribution in [3.8, 4) is 17.2 Å². The van der Waals surface area contributed by atoms with Gasteiger partial charge in [0.15, 0.2) is 11.5 Å². The van der Waals surface area contributed by atoms with E-state index in [9.17, 15) is 10.2 Å². The van der Waals surface area contributed by atoms with E-state index in [1.165, 1.54) is 25.7 Å². The van der Waals surface area contributed by atoms with E-state index in [1.54, 1.807) is 12.1 Å². The number of aromatic hydroxyl groups is 2. The van der Waals surface area contributed by atoms with E-state index < -0.39 is 0 Å². The minimum absolute atomic E-state index is 0.0394. The predicted octanol–water partition coefficient (Wildman–Crippen LogP) is 5.03. The van der Waals surface area contributed by atoms with Gasteiger partial charge in [0.2, 0.25) is 0 Å². The lowest BCUT2D eigenvalue weighted by Gasteiger charge is -2.63. The van der Waals surface area contributed by atoms with Crippen molar-refractivity contribution in [1.82, 2.24) is 0 Å². The van der Waals surface area contributed by atoms with Gasteiger partial charge in [0.25, 0.3) is 0 Å². The first-order valence-electron chi connectivity index (χ1n) is 9.40. The molecule has 0 bridgehead atoms. The van der Waals surface area contributed by atoms with Crippen molar-refractivity contribution in [3.05, 3.63) is 17.7 Å². The van der Waals surface area contributed by atoms with Gasteiger partial charge in [-0.15, -0.1) is 0 Å². The molecule has 4 rings (SSSR count). The average Bonchev–Trinajstić information content (AvgIpc) is 2.46. The molecule has 2 saturated carbocycles. The smallest absolute Gasteiger partial charge is 0.161 e. The van der Waals surface area contributed by atoms with E-state index >= 15 is 0 Å². The summed E-state index contributed by atoms with van der Waals surface area (Å²) in [5.41, 5.74) is 1.54. The molecule has 1 heterocycles. The average molecular weight is 330 g/mol. The van der Waals surface area contributed by atoms with Crippen LogP contribution in [0.4, 0.5) is 0 Å². The minimum atomic E-state index is -0.172. The lowest BCUT2D eigenvalue weighted by atomic mass is 9.44. The molecule has 1 aromatic rings. The van der Waals surface area contributed by atoms with Gasteiger partial charge in [0.1, 0.15) is 11.4 Å². The van der Waals surface area contributed by atoms with Gasteiger partial charge in [0, 0.05) is 12.0 Å². The van der Waals surface area contributed by atoms with Gasteiger partial charge < -0.3 is 14.9 Å². The number of hydrogen-bond donors (Lipinski definition) is 2. The monoisotopic (exact) mass is 330 g/mol. The van der Waals surface area contributed by atoms with Crippen LogP contribution in [-0.4, -0.2) is 15.8 Å². The molecule has 132 valence electrons. The van der Waals surface area contributed by atoms with Crippen molar-refractivity contribution < 1.29 is 14.9 Å².